The molecule has 1 aromatic rings. The van der Waals surface area contributed by atoms with Crippen molar-refractivity contribution in [2.24, 2.45) is 0 Å². The van der Waals surface area contributed by atoms with Crippen LogP contribution in [0.4, 0.5) is 0 Å². The molecule has 0 saturated carbocycles. The lowest BCUT2D eigenvalue weighted by atomic mass is 9.87. The molecular weight excluding hydrogens is 302 g/mol. The minimum absolute atomic E-state index is 0.00197. The van der Waals surface area contributed by atoms with E-state index in [9.17, 15) is 9.59 Å². The van der Waals surface area contributed by atoms with Crippen LogP contribution >= 0.6 is 0 Å². The van der Waals surface area contributed by atoms with Gasteiger partial charge in [-0.05, 0) is 44.2 Å². The van der Waals surface area contributed by atoms with E-state index in [1.54, 1.807) is 4.90 Å². The molecule has 130 valence electrons. The van der Waals surface area contributed by atoms with Crippen molar-refractivity contribution in [2.75, 3.05) is 26.7 Å². The molecule has 1 aromatic carbocycles. The summed E-state index contributed by atoms with van der Waals surface area (Å²) in [5.41, 5.74) is 1.95. The Labute approximate surface area is 144 Å². The number of nitrogens with zero attached hydrogens (tertiary/aromatic N) is 2. The Morgan fingerprint density at radius 1 is 1.29 bits per heavy atom. The summed E-state index contributed by atoms with van der Waals surface area (Å²) in [6.07, 6.45) is 3.16. The highest BCUT2D eigenvalue weighted by Crippen LogP contribution is 2.29. The van der Waals surface area contributed by atoms with Crippen LogP contribution in [0.1, 0.15) is 43.9 Å². The van der Waals surface area contributed by atoms with Gasteiger partial charge in [0.15, 0.2) is 0 Å². The van der Waals surface area contributed by atoms with Gasteiger partial charge in [0.25, 0.3) is 0 Å². The van der Waals surface area contributed by atoms with Gasteiger partial charge in [0.05, 0.1) is 18.1 Å². The number of carbonyl (C=O) groups excluding carboxylic acids is 2. The van der Waals surface area contributed by atoms with Crippen molar-refractivity contribution in [3.05, 3.63) is 35.4 Å². The molecule has 1 N–H and O–H groups in total. The number of likely N-dealkylation sites (N-methyl/N-ethyl adjacent to an activating group) is 1. The van der Waals surface area contributed by atoms with Gasteiger partial charge in [-0.2, -0.15) is 0 Å². The molecule has 0 unspecified atom stereocenters. The predicted molar refractivity (Wildman–Crippen MR) is 93.6 cm³/mol. The second-order valence-electron chi connectivity index (χ2n) is 7.42. The summed E-state index contributed by atoms with van der Waals surface area (Å²) in [5.74, 6) is 0.0756. The van der Waals surface area contributed by atoms with E-state index in [1.807, 2.05) is 31.9 Å². The Morgan fingerprint density at radius 2 is 2.04 bits per heavy atom. The fourth-order valence-electron chi connectivity index (χ4n) is 3.85. The highest BCUT2D eigenvalue weighted by atomic mass is 16.2. The lowest BCUT2D eigenvalue weighted by Crippen LogP contribution is -2.63. The first-order chi connectivity index (χ1) is 11.4. The van der Waals surface area contributed by atoms with Crippen molar-refractivity contribution in [1.29, 1.82) is 0 Å². The largest absolute Gasteiger partial charge is 0.348 e. The molecule has 0 radical (unpaired) electrons. The van der Waals surface area contributed by atoms with E-state index in [2.05, 4.69) is 23.5 Å². The van der Waals surface area contributed by atoms with Gasteiger partial charge in [-0.3, -0.25) is 14.5 Å². The van der Waals surface area contributed by atoms with E-state index in [0.29, 0.717) is 6.54 Å². The molecule has 5 nitrogen and oxygen atoms in total. The molecule has 1 fully saturated rings. The van der Waals surface area contributed by atoms with Crippen molar-refractivity contribution in [1.82, 2.24) is 15.1 Å². The van der Waals surface area contributed by atoms with E-state index >= 15 is 0 Å². The quantitative estimate of drug-likeness (QED) is 0.919. The zero-order valence-electron chi connectivity index (χ0n) is 14.8. The lowest BCUT2D eigenvalue weighted by molar-refractivity contribution is -0.148. The first kappa shape index (κ1) is 17.0. The molecule has 3 rings (SSSR count). The zero-order chi connectivity index (χ0) is 17.3. The van der Waals surface area contributed by atoms with Crippen LogP contribution in [-0.2, 0) is 16.0 Å². The number of nitrogens with one attached hydrogen (secondary N) is 1. The summed E-state index contributed by atoms with van der Waals surface area (Å²) in [5, 5.41) is 3.18. The van der Waals surface area contributed by atoms with Crippen molar-refractivity contribution >= 4 is 11.8 Å². The molecular formula is C19H27N3O2. The number of hydrogen-bond donors (Lipinski definition) is 1. The molecule has 0 spiro atoms. The van der Waals surface area contributed by atoms with Gasteiger partial charge in [0.2, 0.25) is 11.8 Å². The number of hydrogen-bond acceptors (Lipinski definition) is 3. The summed E-state index contributed by atoms with van der Waals surface area (Å²) in [4.78, 5) is 28.7. The van der Waals surface area contributed by atoms with E-state index < -0.39 is 5.54 Å². The van der Waals surface area contributed by atoms with Gasteiger partial charge in [0.1, 0.15) is 0 Å². The fourth-order valence-corrected chi connectivity index (χ4v) is 3.85. The van der Waals surface area contributed by atoms with Crippen LogP contribution in [-0.4, -0.2) is 53.8 Å². The van der Waals surface area contributed by atoms with Gasteiger partial charge in [0, 0.05) is 20.1 Å². The Morgan fingerprint density at radius 3 is 2.83 bits per heavy atom. The van der Waals surface area contributed by atoms with Crippen LogP contribution in [0, 0.1) is 0 Å². The number of piperazine rings is 1. The van der Waals surface area contributed by atoms with Crippen LogP contribution in [0.3, 0.4) is 0 Å². The molecule has 5 heteroatoms. The van der Waals surface area contributed by atoms with Crippen molar-refractivity contribution in [2.45, 2.75) is 44.7 Å². The second-order valence-corrected chi connectivity index (χ2v) is 7.42. The highest BCUT2D eigenvalue weighted by molar-refractivity contribution is 5.87. The maximum atomic E-state index is 12.6. The number of benzene rings is 1. The van der Waals surface area contributed by atoms with Crippen molar-refractivity contribution in [3.63, 3.8) is 0 Å². The monoisotopic (exact) mass is 329 g/mol. The summed E-state index contributed by atoms with van der Waals surface area (Å²) >= 11 is 0. The number of amides is 2. The Hall–Kier alpha value is -1.88. The summed E-state index contributed by atoms with van der Waals surface area (Å²) in [6, 6.07) is 8.44. The minimum Gasteiger partial charge on any atom is -0.348 e. The lowest BCUT2D eigenvalue weighted by Gasteiger charge is -2.44. The Bertz CT molecular complexity index is 641. The predicted octanol–water partition coefficient (Wildman–Crippen LogP) is 1.73. The first-order valence-corrected chi connectivity index (χ1v) is 8.77. The number of carbonyl (C=O) groups is 2. The molecule has 1 aliphatic carbocycles. The molecule has 1 saturated heterocycles. The first-order valence-electron chi connectivity index (χ1n) is 8.77. The van der Waals surface area contributed by atoms with Crippen LogP contribution in [0.5, 0.6) is 0 Å². The summed E-state index contributed by atoms with van der Waals surface area (Å²) in [6.45, 7) is 5.46. The average molecular weight is 329 g/mol. The van der Waals surface area contributed by atoms with Gasteiger partial charge in [-0.15, -0.1) is 0 Å². The fraction of sp³-hybridized carbons (Fsp3) is 0.579. The van der Waals surface area contributed by atoms with Crippen molar-refractivity contribution in [3.8, 4) is 0 Å². The van der Waals surface area contributed by atoms with Gasteiger partial charge >= 0.3 is 0 Å². The van der Waals surface area contributed by atoms with Gasteiger partial charge < -0.3 is 10.2 Å². The molecule has 2 aliphatic rings. The molecule has 0 aromatic heterocycles. The van der Waals surface area contributed by atoms with Crippen LogP contribution in [0.15, 0.2) is 24.3 Å². The second kappa shape index (κ2) is 6.55. The third kappa shape index (κ3) is 3.18. The van der Waals surface area contributed by atoms with Crippen molar-refractivity contribution < 1.29 is 9.59 Å². The molecule has 24 heavy (non-hydrogen) atoms. The smallest absolute Gasteiger partial charge is 0.242 e. The SMILES string of the molecule is CN1CCN(CC(=O)N[C@H]2CCCc3ccccc32)C(C)(C)C1=O. The Balaban J connectivity index is 1.66. The van der Waals surface area contributed by atoms with Crippen LogP contribution < -0.4 is 5.32 Å². The van der Waals surface area contributed by atoms with Crippen LogP contribution in [0.2, 0.25) is 0 Å². The van der Waals surface area contributed by atoms with E-state index in [-0.39, 0.29) is 24.4 Å². The number of rotatable bonds is 3. The standard InChI is InChI=1S/C19H27N3O2/c1-19(2)18(24)21(3)11-12-22(19)13-17(23)20-16-10-6-8-14-7-4-5-9-15(14)16/h4-5,7,9,16H,6,8,10-13H2,1-3H3,(H,20,23)/t16-/m0/s1. The number of aryl methyl sites for hydroxylation is 1. The molecule has 0 bridgehead atoms. The Kier molecular flexibility index (Phi) is 4.63. The van der Waals surface area contributed by atoms with Gasteiger partial charge in [-0.1, -0.05) is 24.3 Å². The average Bonchev–Trinajstić information content (AvgIpc) is 2.56. The number of fused-ring (bicyclic) bond motifs is 1. The maximum Gasteiger partial charge on any atom is 0.242 e. The topological polar surface area (TPSA) is 52.6 Å². The van der Waals surface area contributed by atoms with Crippen LogP contribution in [0.25, 0.3) is 0 Å². The van der Waals surface area contributed by atoms with Gasteiger partial charge in [-0.25, -0.2) is 0 Å². The maximum absolute atomic E-state index is 12.6. The molecule has 1 aliphatic heterocycles. The normalized spacial score (nSPS) is 23.7. The molecule has 2 amide bonds. The van der Waals surface area contributed by atoms with E-state index in [0.717, 1.165) is 25.8 Å². The summed E-state index contributed by atoms with van der Waals surface area (Å²) in [7, 11) is 1.82. The van der Waals surface area contributed by atoms with E-state index in [1.165, 1.54) is 11.1 Å². The molecule has 1 heterocycles. The third-order valence-electron chi connectivity index (χ3n) is 5.41. The van der Waals surface area contributed by atoms with E-state index in [4.69, 9.17) is 0 Å². The third-order valence-corrected chi connectivity index (χ3v) is 5.41. The minimum atomic E-state index is -0.630. The highest BCUT2D eigenvalue weighted by Gasteiger charge is 2.41. The zero-order valence-corrected chi connectivity index (χ0v) is 14.8. The summed E-state index contributed by atoms with van der Waals surface area (Å²) < 4.78 is 0. The molecule has 1 atom stereocenters.